The average Bonchev–Trinajstić information content (AvgIpc) is 1.86. The Morgan fingerprint density at radius 1 is 1.27 bits per heavy atom. The molecule has 11 heavy (non-hydrogen) atoms. The quantitative estimate of drug-likeness (QED) is 0.444. The van der Waals surface area contributed by atoms with Gasteiger partial charge in [-0.3, -0.25) is 0 Å². The highest BCUT2D eigenvalue weighted by Crippen LogP contribution is 2.14. The number of hydrogen-bond donors (Lipinski definition) is 0. The van der Waals surface area contributed by atoms with Crippen molar-refractivity contribution < 1.29 is 4.43 Å². The Bertz CT molecular complexity index is 83.6. The van der Waals surface area contributed by atoms with Crippen molar-refractivity contribution in [2.24, 2.45) is 5.92 Å². The normalized spacial score (nSPS) is 15.0. The van der Waals surface area contributed by atoms with Crippen molar-refractivity contribution in [2.45, 2.75) is 46.1 Å². The lowest BCUT2D eigenvalue weighted by Crippen LogP contribution is -2.08. The van der Waals surface area contributed by atoms with Gasteiger partial charge in [-0.1, -0.05) is 27.7 Å². The Kier molecular flexibility index (Phi) is 6.97. The number of hydrogen-bond acceptors (Lipinski definition) is 1. The van der Waals surface area contributed by atoms with E-state index in [9.17, 15) is 0 Å². The van der Waals surface area contributed by atoms with Crippen LogP contribution in [0.25, 0.3) is 0 Å². The molecule has 0 aliphatic rings. The molecular formula is C9H22OSi. The van der Waals surface area contributed by atoms with Crippen molar-refractivity contribution in [3.05, 3.63) is 0 Å². The molecule has 0 aliphatic carbocycles. The predicted octanol–water partition coefficient (Wildman–Crippen LogP) is 2.35. The highest BCUT2D eigenvalue weighted by Gasteiger charge is 2.05. The molecule has 1 nitrogen and oxygen atoms in total. The van der Waals surface area contributed by atoms with E-state index in [0.717, 1.165) is 18.1 Å². The summed E-state index contributed by atoms with van der Waals surface area (Å²) in [4.78, 5) is 0. The van der Waals surface area contributed by atoms with Crippen LogP contribution in [0.5, 0.6) is 0 Å². The molecule has 0 amide bonds. The summed E-state index contributed by atoms with van der Waals surface area (Å²) in [5, 5.41) is 0. The molecule has 0 spiro atoms. The highest BCUT2D eigenvalue weighted by atomic mass is 28.2. The molecule has 0 bridgehead atoms. The van der Waals surface area contributed by atoms with E-state index in [4.69, 9.17) is 4.43 Å². The largest absolute Gasteiger partial charge is 0.424 e. The molecule has 2 heteroatoms. The van der Waals surface area contributed by atoms with Gasteiger partial charge < -0.3 is 4.43 Å². The molecule has 1 atom stereocenters. The Hall–Kier alpha value is 0.177. The third-order valence-corrected chi connectivity index (χ3v) is 3.05. The summed E-state index contributed by atoms with van der Waals surface area (Å²) in [7, 11) is -0.218. The summed E-state index contributed by atoms with van der Waals surface area (Å²) in [6.45, 7) is 10.0. The van der Waals surface area contributed by atoms with Gasteiger partial charge in [0.25, 0.3) is 0 Å². The van der Waals surface area contributed by atoms with Crippen LogP contribution in [-0.4, -0.2) is 16.4 Å². The Labute approximate surface area is 73.5 Å². The van der Waals surface area contributed by atoms with Gasteiger partial charge in [-0.25, -0.2) is 0 Å². The SMILES string of the molecule is CCCO[SiH2]C(C)CC(C)C. The van der Waals surface area contributed by atoms with E-state index >= 15 is 0 Å². The zero-order valence-corrected chi connectivity index (χ0v) is 9.81. The minimum absolute atomic E-state index is 0.218. The molecular weight excluding hydrogens is 152 g/mol. The monoisotopic (exact) mass is 174 g/mol. The van der Waals surface area contributed by atoms with E-state index in [2.05, 4.69) is 27.7 Å². The first-order chi connectivity index (χ1) is 5.16. The number of rotatable bonds is 6. The van der Waals surface area contributed by atoms with Crippen LogP contribution in [-0.2, 0) is 4.43 Å². The topological polar surface area (TPSA) is 9.23 Å². The van der Waals surface area contributed by atoms with E-state index in [-0.39, 0.29) is 9.76 Å². The van der Waals surface area contributed by atoms with Gasteiger partial charge >= 0.3 is 0 Å². The van der Waals surface area contributed by atoms with E-state index in [1.165, 1.54) is 12.8 Å². The maximum absolute atomic E-state index is 5.58. The first-order valence-electron chi connectivity index (χ1n) is 4.74. The zero-order chi connectivity index (χ0) is 8.69. The van der Waals surface area contributed by atoms with Crippen LogP contribution in [0.15, 0.2) is 0 Å². The average molecular weight is 174 g/mol. The fourth-order valence-electron chi connectivity index (χ4n) is 1.30. The summed E-state index contributed by atoms with van der Waals surface area (Å²) in [5.74, 6) is 0.836. The molecule has 68 valence electrons. The third kappa shape index (κ3) is 8.08. The molecule has 0 saturated heterocycles. The van der Waals surface area contributed by atoms with Crippen LogP contribution in [0.1, 0.15) is 40.5 Å². The van der Waals surface area contributed by atoms with Gasteiger partial charge in [-0.05, 0) is 24.3 Å². The van der Waals surface area contributed by atoms with E-state index in [1.807, 2.05) is 0 Å². The Balaban J connectivity index is 3.15. The second kappa shape index (κ2) is 6.86. The lowest BCUT2D eigenvalue weighted by atomic mass is 10.1. The molecule has 0 fully saturated rings. The van der Waals surface area contributed by atoms with Crippen LogP contribution in [0, 0.1) is 5.92 Å². The molecule has 0 rings (SSSR count). The molecule has 0 aromatic heterocycles. The van der Waals surface area contributed by atoms with Crippen molar-refractivity contribution in [2.75, 3.05) is 6.61 Å². The van der Waals surface area contributed by atoms with E-state index < -0.39 is 0 Å². The van der Waals surface area contributed by atoms with E-state index in [0.29, 0.717) is 0 Å². The second-order valence-corrected chi connectivity index (χ2v) is 5.95. The van der Waals surface area contributed by atoms with Gasteiger partial charge in [0.05, 0.1) is 0 Å². The van der Waals surface area contributed by atoms with Crippen LogP contribution < -0.4 is 0 Å². The molecule has 1 unspecified atom stereocenters. The third-order valence-electron chi connectivity index (χ3n) is 1.62. The summed E-state index contributed by atoms with van der Waals surface area (Å²) in [6.07, 6.45) is 2.51. The summed E-state index contributed by atoms with van der Waals surface area (Å²) >= 11 is 0. The Morgan fingerprint density at radius 2 is 1.91 bits per heavy atom. The van der Waals surface area contributed by atoms with Gasteiger partial charge in [0, 0.05) is 6.61 Å². The second-order valence-electron chi connectivity index (χ2n) is 3.81. The van der Waals surface area contributed by atoms with Crippen molar-refractivity contribution in [1.82, 2.24) is 0 Å². The smallest absolute Gasteiger partial charge is 0.164 e. The van der Waals surface area contributed by atoms with Crippen molar-refractivity contribution in [3.63, 3.8) is 0 Å². The van der Waals surface area contributed by atoms with Gasteiger partial charge in [-0.15, -0.1) is 0 Å². The van der Waals surface area contributed by atoms with Crippen LogP contribution in [0.4, 0.5) is 0 Å². The molecule has 0 aliphatic heterocycles. The maximum Gasteiger partial charge on any atom is 0.164 e. The lowest BCUT2D eigenvalue weighted by molar-refractivity contribution is 0.325. The zero-order valence-electron chi connectivity index (χ0n) is 8.39. The molecule has 0 saturated carbocycles. The van der Waals surface area contributed by atoms with Crippen LogP contribution in [0.3, 0.4) is 0 Å². The molecule has 0 aromatic rings. The minimum atomic E-state index is -0.218. The lowest BCUT2D eigenvalue weighted by Gasteiger charge is -2.12. The van der Waals surface area contributed by atoms with Crippen LogP contribution in [0.2, 0.25) is 5.54 Å². The molecule has 0 aromatic carbocycles. The summed E-state index contributed by atoms with van der Waals surface area (Å²) < 4.78 is 5.58. The predicted molar refractivity (Wildman–Crippen MR) is 53.7 cm³/mol. The van der Waals surface area contributed by atoms with Gasteiger partial charge in [0.15, 0.2) is 9.76 Å². The van der Waals surface area contributed by atoms with Gasteiger partial charge in [-0.2, -0.15) is 0 Å². The standard InChI is InChI=1S/C9H22OSi/c1-5-6-10-11-9(4)7-8(2)3/h8-9H,5-7,11H2,1-4H3. The fraction of sp³-hybridized carbons (Fsp3) is 1.00. The highest BCUT2D eigenvalue weighted by molar-refractivity contribution is 6.29. The molecule has 0 radical (unpaired) electrons. The van der Waals surface area contributed by atoms with Gasteiger partial charge in [0.1, 0.15) is 0 Å². The summed E-state index contributed by atoms with van der Waals surface area (Å²) in [6, 6.07) is 0. The first-order valence-corrected chi connectivity index (χ1v) is 6.14. The van der Waals surface area contributed by atoms with E-state index in [1.54, 1.807) is 0 Å². The first kappa shape index (κ1) is 11.2. The summed E-state index contributed by atoms with van der Waals surface area (Å²) in [5.41, 5.74) is 0.863. The van der Waals surface area contributed by atoms with Crippen molar-refractivity contribution in [1.29, 1.82) is 0 Å². The van der Waals surface area contributed by atoms with Crippen molar-refractivity contribution in [3.8, 4) is 0 Å². The molecule has 0 heterocycles. The Morgan fingerprint density at radius 3 is 2.36 bits per heavy atom. The van der Waals surface area contributed by atoms with Crippen molar-refractivity contribution >= 4 is 9.76 Å². The maximum atomic E-state index is 5.58. The minimum Gasteiger partial charge on any atom is -0.424 e. The van der Waals surface area contributed by atoms with Gasteiger partial charge in [0.2, 0.25) is 0 Å². The molecule has 0 N–H and O–H groups in total. The van der Waals surface area contributed by atoms with Crippen LogP contribution >= 0.6 is 0 Å². The fourth-order valence-corrected chi connectivity index (χ4v) is 2.96.